The van der Waals surface area contributed by atoms with Gasteiger partial charge in [-0.3, -0.25) is 0 Å². The molecule has 0 aliphatic carbocycles. The highest BCUT2D eigenvalue weighted by Gasteiger charge is 2.51. The number of anilines is 1. The third-order valence-electron chi connectivity index (χ3n) is 5.11. The maximum absolute atomic E-state index is 6.41. The minimum atomic E-state index is 0.151. The van der Waals surface area contributed by atoms with E-state index in [1.54, 1.807) is 0 Å². The Balaban J connectivity index is 2.63. The molecule has 1 heterocycles. The molecule has 0 amide bonds. The van der Waals surface area contributed by atoms with Gasteiger partial charge in [-0.25, -0.2) is 0 Å². The highest BCUT2D eigenvalue weighted by molar-refractivity contribution is 6.18. The first kappa shape index (κ1) is 16.7. The van der Waals surface area contributed by atoms with Crippen LogP contribution in [0.2, 0.25) is 0 Å². The molecule has 1 unspecified atom stereocenters. The van der Waals surface area contributed by atoms with Crippen molar-refractivity contribution < 1.29 is 0 Å². The van der Waals surface area contributed by atoms with Gasteiger partial charge < -0.3 is 4.90 Å². The Morgan fingerprint density at radius 1 is 1.10 bits per heavy atom. The summed E-state index contributed by atoms with van der Waals surface area (Å²) in [5, 5.41) is 0. The number of alkyl halides is 1. The van der Waals surface area contributed by atoms with Gasteiger partial charge in [-0.15, -0.1) is 11.6 Å². The first-order valence-corrected chi connectivity index (χ1v) is 8.78. The quantitative estimate of drug-likeness (QED) is 0.670. The van der Waals surface area contributed by atoms with Crippen LogP contribution in [-0.4, -0.2) is 17.5 Å². The number of hydrogen-bond donors (Lipinski definition) is 0. The smallest absolute Gasteiger partial charge is 0.0482 e. The maximum atomic E-state index is 6.41. The van der Waals surface area contributed by atoms with Crippen molar-refractivity contribution in [2.75, 3.05) is 10.8 Å². The molecule has 0 radical (unpaired) electrons. The molecule has 1 aliphatic heterocycles. The first-order chi connectivity index (χ1) is 9.78. The summed E-state index contributed by atoms with van der Waals surface area (Å²) in [6, 6.07) is 7.15. The normalized spacial score (nSPS) is 23.6. The van der Waals surface area contributed by atoms with Crippen LogP contribution in [0.25, 0.3) is 0 Å². The molecule has 0 aromatic heterocycles. The van der Waals surface area contributed by atoms with Crippen LogP contribution in [-0.2, 0) is 12.8 Å². The van der Waals surface area contributed by atoms with Gasteiger partial charge >= 0.3 is 0 Å². The van der Waals surface area contributed by atoms with E-state index in [-0.39, 0.29) is 11.0 Å². The number of benzene rings is 1. The predicted molar refractivity (Wildman–Crippen MR) is 94.7 cm³/mol. The number of nitrogens with zero attached hydrogens (tertiary/aromatic N) is 1. The molecule has 0 N–H and O–H groups in total. The fourth-order valence-corrected chi connectivity index (χ4v) is 4.91. The van der Waals surface area contributed by atoms with Crippen molar-refractivity contribution in [2.24, 2.45) is 5.41 Å². The van der Waals surface area contributed by atoms with Crippen LogP contribution in [0.1, 0.15) is 59.1 Å². The van der Waals surface area contributed by atoms with Crippen molar-refractivity contribution in [1.82, 2.24) is 0 Å². The van der Waals surface area contributed by atoms with Crippen LogP contribution in [0.15, 0.2) is 18.2 Å². The lowest BCUT2D eigenvalue weighted by Crippen LogP contribution is -2.46. The summed E-state index contributed by atoms with van der Waals surface area (Å²) in [6.07, 6.45) is 3.33. The summed E-state index contributed by atoms with van der Waals surface area (Å²) >= 11 is 6.41. The summed E-state index contributed by atoms with van der Waals surface area (Å²) in [6.45, 7) is 14.0. The molecule has 0 spiro atoms. The van der Waals surface area contributed by atoms with Gasteiger partial charge in [0, 0.05) is 23.1 Å². The van der Waals surface area contributed by atoms with Crippen LogP contribution in [0.3, 0.4) is 0 Å². The van der Waals surface area contributed by atoms with E-state index in [1.165, 1.54) is 23.2 Å². The van der Waals surface area contributed by atoms with Crippen LogP contribution >= 0.6 is 11.6 Å². The topological polar surface area (TPSA) is 3.24 Å². The van der Waals surface area contributed by atoms with Crippen molar-refractivity contribution in [2.45, 2.75) is 72.4 Å². The van der Waals surface area contributed by atoms with Crippen molar-refractivity contribution in [1.29, 1.82) is 0 Å². The van der Waals surface area contributed by atoms with Gasteiger partial charge in [0.25, 0.3) is 0 Å². The van der Waals surface area contributed by atoms with Crippen molar-refractivity contribution >= 4 is 17.3 Å². The molecule has 1 saturated heterocycles. The molecular formula is C19H30ClN. The van der Waals surface area contributed by atoms with Gasteiger partial charge in [0.1, 0.15) is 0 Å². The van der Waals surface area contributed by atoms with Gasteiger partial charge in [-0.05, 0) is 49.7 Å². The Labute approximate surface area is 135 Å². The molecule has 21 heavy (non-hydrogen) atoms. The lowest BCUT2D eigenvalue weighted by molar-refractivity contribution is 0.331. The summed E-state index contributed by atoms with van der Waals surface area (Å²) < 4.78 is 0. The zero-order chi connectivity index (χ0) is 15.8. The number of aryl methyl sites for hydroxylation is 2. The van der Waals surface area contributed by atoms with Crippen LogP contribution in [0, 0.1) is 5.41 Å². The fourth-order valence-electron chi connectivity index (χ4n) is 4.35. The third-order valence-corrected chi connectivity index (χ3v) is 5.40. The maximum Gasteiger partial charge on any atom is 0.0482 e. The molecule has 1 aromatic rings. The minimum absolute atomic E-state index is 0.151. The molecule has 2 rings (SSSR count). The fraction of sp³-hybridized carbons (Fsp3) is 0.684. The minimum Gasteiger partial charge on any atom is -0.361 e. The molecule has 1 atom stereocenters. The second-order valence-corrected chi connectivity index (χ2v) is 7.96. The van der Waals surface area contributed by atoms with Crippen molar-refractivity contribution in [3.63, 3.8) is 0 Å². The van der Waals surface area contributed by atoms with Gasteiger partial charge in [-0.2, -0.15) is 0 Å². The SMILES string of the molecule is CCc1cccc(CC)c1N1C(CCl)C(C)(C)CC1(C)C. The lowest BCUT2D eigenvalue weighted by atomic mass is 9.82. The van der Waals surface area contributed by atoms with E-state index in [0.29, 0.717) is 11.9 Å². The van der Waals surface area contributed by atoms with Gasteiger partial charge in [0.15, 0.2) is 0 Å². The van der Waals surface area contributed by atoms with Gasteiger partial charge in [0.05, 0.1) is 0 Å². The van der Waals surface area contributed by atoms with Crippen LogP contribution in [0.5, 0.6) is 0 Å². The monoisotopic (exact) mass is 307 g/mol. The van der Waals surface area contributed by atoms with Crippen LogP contribution in [0.4, 0.5) is 5.69 Å². The van der Waals surface area contributed by atoms with E-state index in [0.717, 1.165) is 12.8 Å². The Morgan fingerprint density at radius 3 is 2.05 bits per heavy atom. The zero-order valence-electron chi connectivity index (χ0n) is 14.5. The molecule has 0 bridgehead atoms. The average Bonchev–Trinajstić information content (AvgIpc) is 2.60. The molecule has 118 valence electrons. The summed E-state index contributed by atoms with van der Waals surface area (Å²) in [5.74, 6) is 0.692. The molecule has 1 nitrogen and oxygen atoms in total. The molecular weight excluding hydrogens is 278 g/mol. The van der Waals surface area contributed by atoms with Gasteiger partial charge in [0.2, 0.25) is 0 Å². The largest absolute Gasteiger partial charge is 0.361 e. The number of hydrogen-bond acceptors (Lipinski definition) is 1. The van der Waals surface area contributed by atoms with Crippen LogP contribution < -0.4 is 4.90 Å². The van der Waals surface area contributed by atoms with E-state index in [2.05, 4.69) is 64.6 Å². The third kappa shape index (κ3) is 2.82. The second-order valence-electron chi connectivity index (χ2n) is 7.65. The van der Waals surface area contributed by atoms with E-state index in [9.17, 15) is 0 Å². The lowest BCUT2D eigenvalue weighted by Gasteiger charge is -2.41. The predicted octanol–water partition coefficient (Wildman–Crippen LogP) is 5.43. The molecule has 1 aromatic carbocycles. The van der Waals surface area contributed by atoms with E-state index < -0.39 is 0 Å². The Hall–Kier alpha value is -0.690. The van der Waals surface area contributed by atoms with E-state index in [1.807, 2.05) is 0 Å². The Morgan fingerprint density at radius 2 is 1.62 bits per heavy atom. The molecule has 0 saturated carbocycles. The summed E-state index contributed by atoms with van der Waals surface area (Å²) in [7, 11) is 0. The standard InChI is InChI=1S/C19H30ClN/c1-7-14-10-9-11-15(8-2)17(14)21-16(12-20)18(3,4)13-19(21,5)6/h9-11,16H,7-8,12-13H2,1-6H3. The molecule has 1 fully saturated rings. The number of rotatable bonds is 4. The number of para-hydroxylation sites is 1. The highest BCUT2D eigenvalue weighted by Crippen LogP contribution is 2.50. The zero-order valence-corrected chi connectivity index (χ0v) is 15.2. The Kier molecular flexibility index (Phi) is 4.63. The molecule has 2 heteroatoms. The van der Waals surface area contributed by atoms with Gasteiger partial charge in [-0.1, -0.05) is 45.9 Å². The van der Waals surface area contributed by atoms with E-state index >= 15 is 0 Å². The van der Waals surface area contributed by atoms with Crippen molar-refractivity contribution in [3.8, 4) is 0 Å². The second kappa shape index (κ2) is 5.83. The van der Waals surface area contributed by atoms with Crippen molar-refractivity contribution in [3.05, 3.63) is 29.3 Å². The number of halogens is 1. The summed E-state index contributed by atoms with van der Waals surface area (Å²) in [5.41, 5.74) is 4.75. The average molecular weight is 308 g/mol. The molecule has 1 aliphatic rings. The summed E-state index contributed by atoms with van der Waals surface area (Å²) in [4.78, 5) is 2.64. The highest BCUT2D eigenvalue weighted by atomic mass is 35.5. The first-order valence-electron chi connectivity index (χ1n) is 8.24. The Bertz CT molecular complexity index is 482. The van der Waals surface area contributed by atoms with E-state index in [4.69, 9.17) is 11.6 Å².